The van der Waals surface area contributed by atoms with E-state index in [0.29, 0.717) is 39.0 Å². The molecule has 1 aromatic heterocycles. The normalized spacial score (nSPS) is 15.3. The number of hydrogen-bond acceptors (Lipinski definition) is 5. The predicted octanol–water partition coefficient (Wildman–Crippen LogP) is 5.55. The van der Waals surface area contributed by atoms with Crippen molar-refractivity contribution < 1.29 is 9.32 Å². The van der Waals surface area contributed by atoms with Crippen LogP contribution in [-0.4, -0.2) is 34.0 Å². The van der Waals surface area contributed by atoms with Crippen molar-refractivity contribution >= 4 is 46.4 Å². The third-order valence-corrected chi connectivity index (χ3v) is 5.85. The first-order valence-corrected chi connectivity index (χ1v) is 10.7. The number of halogens is 3. The SMILES string of the molecule is O=C(Nc1cc(Cl)ccc1Cl)C1CCN(Cc2nc(-c3cccc(Cl)c3)no2)CC1. The van der Waals surface area contributed by atoms with Gasteiger partial charge in [0.2, 0.25) is 17.6 Å². The minimum atomic E-state index is -0.0824. The van der Waals surface area contributed by atoms with Gasteiger partial charge in [-0.3, -0.25) is 9.69 Å². The highest BCUT2D eigenvalue weighted by Gasteiger charge is 2.26. The van der Waals surface area contributed by atoms with Crippen molar-refractivity contribution in [3.63, 3.8) is 0 Å². The van der Waals surface area contributed by atoms with E-state index in [1.54, 1.807) is 30.3 Å². The molecular weight excluding hydrogens is 447 g/mol. The van der Waals surface area contributed by atoms with Crippen LogP contribution in [0.5, 0.6) is 0 Å². The Balaban J connectivity index is 1.31. The van der Waals surface area contributed by atoms with Gasteiger partial charge >= 0.3 is 0 Å². The predicted molar refractivity (Wildman–Crippen MR) is 118 cm³/mol. The number of amides is 1. The zero-order valence-corrected chi connectivity index (χ0v) is 18.2. The molecule has 1 aliphatic heterocycles. The first kappa shape index (κ1) is 21.1. The van der Waals surface area contributed by atoms with Gasteiger partial charge in [-0.1, -0.05) is 52.1 Å². The highest BCUT2D eigenvalue weighted by atomic mass is 35.5. The second-order valence-electron chi connectivity index (χ2n) is 7.19. The Labute approximate surface area is 189 Å². The van der Waals surface area contributed by atoms with Crippen LogP contribution in [0.25, 0.3) is 11.4 Å². The van der Waals surface area contributed by atoms with Crippen molar-refractivity contribution in [1.29, 1.82) is 0 Å². The smallest absolute Gasteiger partial charge is 0.241 e. The fraction of sp³-hybridized carbons (Fsp3) is 0.286. The van der Waals surface area contributed by atoms with Crippen LogP contribution in [0.2, 0.25) is 15.1 Å². The molecule has 1 amide bonds. The fourth-order valence-electron chi connectivity index (χ4n) is 3.44. The number of carbonyl (C=O) groups excluding carboxylic acids is 1. The summed E-state index contributed by atoms with van der Waals surface area (Å²) in [5.74, 6) is 0.930. The van der Waals surface area contributed by atoms with Crippen molar-refractivity contribution in [3.05, 3.63) is 63.4 Å². The van der Waals surface area contributed by atoms with Crippen molar-refractivity contribution in [2.24, 2.45) is 5.92 Å². The second kappa shape index (κ2) is 9.35. The number of carbonyl (C=O) groups is 1. The van der Waals surface area contributed by atoms with Gasteiger partial charge in [-0.05, 0) is 56.3 Å². The first-order valence-electron chi connectivity index (χ1n) is 9.55. The van der Waals surface area contributed by atoms with Crippen LogP contribution >= 0.6 is 34.8 Å². The van der Waals surface area contributed by atoms with Crippen molar-refractivity contribution in [1.82, 2.24) is 15.0 Å². The minimum absolute atomic E-state index is 0.0418. The zero-order valence-electron chi connectivity index (χ0n) is 15.9. The molecule has 1 N–H and O–H groups in total. The summed E-state index contributed by atoms with van der Waals surface area (Å²) in [5, 5.41) is 8.55. The standard InChI is InChI=1S/C21H19Cl3N4O2/c22-15-3-1-2-14(10-15)20-26-19(30-27-20)12-28-8-6-13(7-9-28)21(29)25-18-11-16(23)4-5-17(18)24/h1-5,10-11,13H,6-9,12H2,(H,25,29). The molecule has 3 aromatic rings. The molecule has 0 saturated carbocycles. The number of aromatic nitrogens is 2. The number of nitrogens with one attached hydrogen (secondary N) is 1. The third kappa shape index (κ3) is 5.13. The Hall–Kier alpha value is -2.12. The molecule has 1 aliphatic rings. The van der Waals surface area contributed by atoms with Crippen LogP contribution in [0.3, 0.4) is 0 Å². The topological polar surface area (TPSA) is 71.3 Å². The van der Waals surface area contributed by atoms with Gasteiger partial charge in [0.25, 0.3) is 0 Å². The lowest BCUT2D eigenvalue weighted by molar-refractivity contribution is -0.121. The van der Waals surface area contributed by atoms with Crippen LogP contribution in [0.4, 0.5) is 5.69 Å². The zero-order chi connectivity index (χ0) is 21.1. The molecule has 1 fully saturated rings. The summed E-state index contributed by atoms with van der Waals surface area (Å²) in [6, 6.07) is 12.3. The van der Waals surface area contributed by atoms with Gasteiger partial charge < -0.3 is 9.84 Å². The van der Waals surface area contributed by atoms with Gasteiger partial charge in [-0.25, -0.2) is 0 Å². The quantitative estimate of drug-likeness (QED) is 0.535. The number of hydrogen-bond donors (Lipinski definition) is 1. The number of nitrogens with zero attached hydrogens (tertiary/aromatic N) is 3. The summed E-state index contributed by atoms with van der Waals surface area (Å²) in [5.41, 5.74) is 1.35. The molecule has 6 nitrogen and oxygen atoms in total. The van der Waals surface area contributed by atoms with E-state index in [1.165, 1.54) is 0 Å². The average Bonchev–Trinajstić information content (AvgIpc) is 3.20. The third-order valence-electron chi connectivity index (χ3n) is 5.05. The molecule has 0 aliphatic carbocycles. The molecule has 2 aromatic carbocycles. The van der Waals surface area contributed by atoms with Crippen molar-refractivity contribution in [2.75, 3.05) is 18.4 Å². The summed E-state index contributed by atoms with van der Waals surface area (Å²) in [7, 11) is 0. The maximum Gasteiger partial charge on any atom is 0.241 e. The summed E-state index contributed by atoms with van der Waals surface area (Å²) >= 11 is 18.1. The molecule has 1 saturated heterocycles. The molecule has 0 bridgehead atoms. The van der Waals surface area contributed by atoms with Crippen LogP contribution in [0, 0.1) is 5.92 Å². The molecule has 2 heterocycles. The summed E-state index contributed by atoms with van der Waals surface area (Å²) in [6.07, 6.45) is 1.47. The lowest BCUT2D eigenvalue weighted by Gasteiger charge is -2.30. The van der Waals surface area contributed by atoms with Crippen LogP contribution < -0.4 is 5.32 Å². The highest BCUT2D eigenvalue weighted by Crippen LogP contribution is 2.28. The fourth-order valence-corrected chi connectivity index (χ4v) is 3.96. The first-order chi connectivity index (χ1) is 14.5. The van der Waals surface area contributed by atoms with Gasteiger partial charge in [0.15, 0.2) is 0 Å². The van der Waals surface area contributed by atoms with E-state index in [4.69, 9.17) is 39.3 Å². The van der Waals surface area contributed by atoms with Gasteiger partial charge in [0, 0.05) is 21.5 Å². The van der Waals surface area contributed by atoms with E-state index in [2.05, 4.69) is 20.4 Å². The molecule has 0 radical (unpaired) electrons. The molecule has 0 spiro atoms. The molecule has 0 atom stereocenters. The maximum atomic E-state index is 12.6. The van der Waals surface area contributed by atoms with Crippen molar-refractivity contribution in [2.45, 2.75) is 19.4 Å². The number of anilines is 1. The van der Waals surface area contributed by atoms with E-state index in [0.717, 1.165) is 31.5 Å². The Morgan fingerprint density at radius 3 is 2.63 bits per heavy atom. The van der Waals surface area contributed by atoms with E-state index >= 15 is 0 Å². The van der Waals surface area contributed by atoms with Gasteiger partial charge in [0.05, 0.1) is 17.3 Å². The van der Waals surface area contributed by atoms with Crippen LogP contribution in [-0.2, 0) is 11.3 Å². The summed E-state index contributed by atoms with van der Waals surface area (Å²) < 4.78 is 5.39. The monoisotopic (exact) mass is 464 g/mol. The molecule has 9 heteroatoms. The van der Waals surface area contributed by atoms with Crippen molar-refractivity contribution in [3.8, 4) is 11.4 Å². The molecule has 0 unspecified atom stereocenters. The van der Waals surface area contributed by atoms with E-state index in [-0.39, 0.29) is 11.8 Å². The van der Waals surface area contributed by atoms with Crippen LogP contribution in [0.15, 0.2) is 47.0 Å². The van der Waals surface area contributed by atoms with Gasteiger partial charge in [-0.15, -0.1) is 0 Å². The molecule has 156 valence electrons. The lowest BCUT2D eigenvalue weighted by Crippen LogP contribution is -2.37. The number of likely N-dealkylation sites (tertiary alicyclic amines) is 1. The van der Waals surface area contributed by atoms with E-state index in [1.807, 2.05) is 12.1 Å². The lowest BCUT2D eigenvalue weighted by atomic mass is 9.96. The minimum Gasteiger partial charge on any atom is -0.338 e. The largest absolute Gasteiger partial charge is 0.338 e. The summed E-state index contributed by atoms with van der Waals surface area (Å²) in [4.78, 5) is 19.3. The van der Waals surface area contributed by atoms with Crippen LogP contribution in [0.1, 0.15) is 18.7 Å². The summed E-state index contributed by atoms with van der Waals surface area (Å²) in [6.45, 7) is 2.06. The highest BCUT2D eigenvalue weighted by molar-refractivity contribution is 6.35. The van der Waals surface area contributed by atoms with E-state index < -0.39 is 0 Å². The number of piperidine rings is 1. The maximum absolute atomic E-state index is 12.6. The molecule has 30 heavy (non-hydrogen) atoms. The number of benzene rings is 2. The Morgan fingerprint density at radius 1 is 1.10 bits per heavy atom. The van der Waals surface area contributed by atoms with E-state index in [9.17, 15) is 4.79 Å². The Kier molecular flexibility index (Phi) is 6.58. The second-order valence-corrected chi connectivity index (χ2v) is 8.47. The van der Waals surface area contributed by atoms with Gasteiger partial charge in [-0.2, -0.15) is 4.98 Å². The average molecular weight is 466 g/mol. The molecular formula is C21H19Cl3N4O2. The Morgan fingerprint density at radius 2 is 1.87 bits per heavy atom. The van der Waals surface area contributed by atoms with Gasteiger partial charge in [0.1, 0.15) is 0 Å². The number of rotatable bonds is 5. The molecule has 4 rings (SSSR count). The Bertz CT molecular complexity index is 1050.